The van der Waals surface area contributed by atoms with E-state index in [4.69, 9.17) is 11.5 Å². The molecular formula is C19H24N6. The number of hydrogen-bond acceptors (Lipinski definition) is 3. The first-order valence-electron chi connectivity index (χ1n) is 7.99. The highest BCUT2D eigenvalue weighted by molar-refractivity contribution is 5.99. The van der Waals surface area contributed by atoms with Crippen LogP contribution >= 0.6 is 0 Å². The first-order chi connectivity index (χ1) is 11.7. The van der Waals surface area contributed by atoms with Crippen LogP contribution in [-0.4, -0.2) is 21.5 Å². The molecule has 1 aromatic heterocycles. The van der Waals surface area contributed by atoms with Crippen molar-refractivity contribution in [3.05, 3.63) is 47.3 Å². The Kier molecular flexibility index (Phi) is 5.28. The van der Waals surface area contributed by atoms with Gasteiger partial charge in [-0.3, -0.25) is 0 Å². The lowest BCUT2D eigenvalue weighted by Gasteiger charge is -2.07. The third-order valence-corrected chi connectivity index (χ3v) is 3.41. The Morgan fingerprint density at radius 2 is 1.76 bits per heavy atom. The maximum atomic E-state index is 5.31. The molecule has 0 amide bonds. The van der Waals surface area contributed by atoms with Gasteiger partial charge in [-0.2, -0.15) is 10.2 Å². The summed E-state index contributed by atoms with van der Waals surface area (Å²) in [6.07, 6.45) is 1.75. The molecular weight excluding hydrogens is 312 g/mol. The van der Waals surface area contributed by atoms with E-state index in [0.717, 1.165) is 22.5 Å². The highest BCUT2D eigenvalue weighted by Gasteiger charge is 2.10. The minimum Gasteiger partial charge on any atom is -0.369 e. The van der Waals surface area contributed by atoms with Crippen LogP contribution in [0.15, 0.2) is 40.7 Å². The Morgan fingerprint density at radius 1 is 1.12 bits per heavy atom. The number of nitrogens with zero attached hydrogens (tertiary/aromatic N) is 4. The molecule has 0 atom stereocenters. The van der Waals surface area contributed by atoms with Gasteiger partial charge in [0.15, 0.2) is 0 Å². The molecule has 0 aliphatic carbocycles. The summed E-state index contributed by atoms with van der Waals surface area (Å²) in [5, 5.41) is 12.1. The molecule has 4 N–H and O–H groups in total. The summed E-state index contributed by atoms with van der Waals surface area (Å²) in [4.78, 5) is 0. The zero-order chi connectivity index (χ0) is 18.6. The van der Waals surface area contributed by atoms with Gasteiger partial charge in [0.1, 0.15) is 0 Å². The van der Waals surface area contributed by atoms with Crippen LogP contribution in [0.5, 0.6) is 0 Å². The van der Waals surface area contributed by atoms with Crippen LogP contribution in [0, 0.1) is 24.2 Å². The van der Waals surface area contributed by atoms with Gasteiger partial charge in [0.25, 0.3) is 0 Å². The third-order valence-electron chi connectivity index (χ3n) is 3.41. The van der Waals surface area contributed by atoms with Gasteiger partial charge in [0.2, 0.25) is 5.96 Å². The molecule has 0 fully saturated rings. The zero-order valence-electron chi connectivity index (χ0n) is 15.3. The molecule has 1 aromatic carbocycles. The quantitative estimate of drug-likeness (QED) is 0.390. The number of nitrogens with two attached hydrogens (primary N) is 2. The van der Waals surface area contributed by atoms with Gasteiger partial charge in [-0.15, -0.1) is 5.10 Å². The Balaban J connectivity index is 2.30. The minimum atomic E-state index is -0.0728. The molecule has 25 heavy (non-hydrogen) atoms. The molecule has 2 rings (SSSR count). The van der Waals surface area contributed by atoms with E-state index in [-0.39, 0.29) is 11.4 Å². The van der Waals surface area contributed by atoms with Crippen LogP contribution in [0.25, 0.3) is 5.69 Å². The van der Waals surface area contributed by atoms with Crippen molar-refractivity contribution in [3.63, 3.8) is 0 Å². The minimum absolute atomic E-state index is 0.0155. The molecule has 6 heteroatoms. The summed E-state index contributed by atoms with van der Waals surface area (Å²) < 4.78 is 1.85. The summed E-state index contributed by atoms with van der Waals surface area (Å²) in [6.45, 7) is 10.1. The lowest BCUT2D eigenvalue weighted by molar-refractivity contribution is 0.571. The predicted octanol–water partition coefficient (Wildman–Crippen LogP) is 2.58. The molecule has 1 heterocycles. The lowest BCUT2D eigenvalue weighted by Crippen LogP contribution is -2.22. The summed E-state index contributed by atoms with van der Waals surface area (Å²) in [6, 6.07) is 7.99. The maximum absolute atomic E-state index is 5.31. The molecule has 0 spiro atoms. The van der Waals surface area contributed by atoms with Crippen LogP contribution in [0.3, 0.4) is 0 Å². The Hall–Kier alpha value is -3.07. The molecule has 0 saturated heterocycles. The molecule has 130 valence electrons. The fourth-order valence-corrected chi connectivity index (χ4v) is 2.16. The van der Waals surface area contributed by atoms with Gasteiger partial charge in [-0.05, 0) is 58.9 Å². The Labute approximate surface area is 148 Å². The number of hydrogen-bond donors (Lipinski definition) is 2. The van der Waals surface area contributed by atoms with Gasteiger partial charge in [0.05, 0.1) is 23.3 Å². The van der Waals surface area contributed by atoms with Crippen molar-refractivity contribution < 1.29 is 0 Å². The van der Waals surface area contributed by atoms with E-state index in [9.17, 15) is 0 Å². The maximum Gasteiger partial charge on any atom is 0.211 e. The van der Waals surface area contributed by atoms with E-state index in [1.807, 2.05) is 42.8 Å². The second kappa shape index (κ2) is 7.22. The highest BCUT2D eigenvalue weighted by atomic mass is 15.3. The van der Waals surface area contributed by atoms with Crippen LogP contribution < -0.4 is 11.5 Å². The second-order valence-electron chi connectivity index (χ2n) is 6.81. The Bertz CT molecular complexity index is 863. The average molecular weight is 336 g/mol. The van der Waals surface area contributed by atoms with Crippen molar-refractivity contribution in [2.24, 2.45) is 27.1 Å². The molecule has 0 saturated carbocycles. The molecule has 0 bridgehead atoms. The van der Waals surface area contributed by atoms with E-state index in [0.29, 0.717) is 5.71 Å². The van der Waals surface area contributed by atoms with Crippen molar-refractivity contribution in [3.8, 4) is 17.5 Å². The van der Waals surface area contributed by atoms with Crippen molar-refractivity contribution in [1.29, 1.82) is 0 Å². The van der Waals surface area contributed by atoms with Crippen LogP contribution in [-0.2, 0) is 0 Å². The smallest absolute Gasteiger partial charge is 0.211 e. The summed E-state index contributed by atoms with van der Waals surface area (Å²) in [5.74, 6) is 6.35. The van der Waals surface area contributed by atoms with E-state index in [2.05, 4.69) is 47.9 Å². The zero-order valence-corrected chi connectivity index (χ0v) is 15.3. The number of rotatable bonds is 3. The molecule has 2 aromatic rings. The average Bonchev–Trinajstić information content (AvgIpc) is 2.92. The largest absolute Gasteiger partial charge is 0.369 e. The molecule has 6 nitrogen and oxygen atoms in total. The van der Waals surface area contributed by atoms with E-state index >= 15 is 0 Å². The van der Waals surface area contributed by atoms with Gasteiger partial charge < -0.3 is 11.5 Å². The van der Waals surface area contributed by atoms with Crippen molar-refractivity contribution in [1.82, 2.24) is 9.78 Å². The number of guanidine groups is 1. The highest BCUT2D eigenvalue weighted by Crippen LogP contribution is 2.16. The van der Waals surface area contributed by atoms with Crippen LogP contribution in [0.4, 0.5) is 0 Å². The van der Waals surface area contributed by atoms with Crippen molar-refractivity contribution in [2.75, 3.05) is 0 Å². The monoisotopic (exact) mass is 336 g/mol. The fourth-order valence-electron chi connectivity index (χ4n) is 2.16. The molecule has 0 aliphatic rings. The van der Waals surface area contributed by atoms with Crippen LogP contribution in [0.2, 0.25) is 0 Å². The standard InChI is InChI=1S/C19H24N6/c1-13(23-24-18(20)21)17-12-22-25(14(17)2)16-8-6-15(7-9-16)10-11-19(3,4)5/h6-9,12H,1-5H3,(H4,20,21,24)/b23-13+. The Morgan fingerprint density at radius 3 is 2.32 bits per heavy atom. The van der Waals surface area contributed by atoms with Gasteiger partial charge in [-0.1, -0.05) is 11.8 Å². The molecule has 0 aliphatic heterocycles. The van der Waals surface area contributed by atoms with Crippen LogP contribution in [0.1, 0.15) is 44.5 Å². The number of aromatic nitrogens is 2. The summed E-state index contributed by atoms with van der Waals surface area (Å²) >= 11 is 0. The SMILES string of the molecule is C/C(=N\N=C(N)N)c1cnn(-c2ccc(C#CC(C)(C)C)cc2)c1C. The third kappa shape index (κ3) is 4.95. The van der Waals surface area contributed by atoms with Gasteiger partial charge in [0, 0.05) is 16.5 Å². The molecule has 0 radical (unpaired) electrons. The summed E-state index contributed by atoms with van der Waals surface area (Å²) in [5.41, 5.74) is 15.1. The number of benzene rings is 1. The van der Waals surface area contributed by atoms with E-state index < -0.39 is 0 Å². The van der Waals surface area contributed by atoms with Gasteiger partial charge >= 0.3 is 0 Å². The summed E-state index contributed by atoms with van der Waals surface area (Å²) in [7, 11) is 0. The van der Waals surface area contributed by atoms with E-state index in [1.54, 1.807) is 6.20 Å². The predicted molar refractivity (Wildman–Crippen MR) is 103 cm³/mol. The van der Waals surface area contributed by atoms with E-state index in [1.165, 1.54) is 0 Å². The second-order valence-corrected chi connectivity index (χ2v) is 6.81. The first-order valence-corrected chi connectivity index (χ1v) is 7.99. The van der Waals surface area contributed by atoms with Crippen molar-refractivity contribution in [2.45, 2.75) is 34.6 Å². The first kappa shape index (κ1) is 18.3. The topological polar surface area (TPSA) is 94.6 Å². The van der Waals surface area contributed by atoms with Crippen molar-refractivity contribution >= 4 is 11.7 Å². The lowest BCUT2D eigenvalue weighted by atomic mass is 9.97. The van der Waals surface area contributed by atoms with Gasteiger partial charge in [-0.25, -0.2) is 4.68 Å². The molecule has 0 unspecified atom stereocenters. The fraction of sp³-hybridized carbons (Fsp3) is 0.316. The normalized spacial score (nSPS) is 11.6.